The van der Waals surface area contributed by atoms with Crippen molar-refractivity contribution in [2.75, 3.05) is 49.1 Å². The fourth-order valence-electron chi connectivity index (χ4n) is 4.26. The molecule has 2 heterocycles. The van der Waals surface area contributed by atoms with Gasteiger partial charge in [0.2, 0.25) is 0 Å². The average Bonchev–Trinajstić information content (AvgIpc) is 3.12. The third-order valence-electron chi connectivity index (χ3n) is 5.80. The summed E-state index contributed by atoms with van der Waals surface area (Å²) in [4.78, 5) is 20.0. The molecule has 0 atom stereocenters. The lowest BCUT2D eigenvalue weighted by atomic mass is 10.1. The SMILES string of the molecule is Cc1ccc(N2CCCC2)c(C(=O)N2CCCN(c3ccc(F)cc3)CC2)c1. The molecule has 2 aliphatic heterocycles. The number of anilines is 2. The molecule has 5 heteroatoms. The van der Waals surface area contributed by atoms with Gasteiger partial charge in [0.1, 0.15) is 5.82 Å². The number of nitrogens with zero attached hydrogens (tertiary/aromatic N) is 3. The Labute approximate surface area is 166 Å². The van der Waals surface area contributed by atoms with Gasteiger partial charge < -0.3 is 14.7 Å². The second-order valence-corrected chi connectivity index (χ2v) is 7.82. The zero-order chi connectivity index (χ0) is 19.5. The number of hydrogen-bond acceptors (Lipinski definition) is 3. The molecule has 0 spiro atoms. The molecular formula is C23H28FN3O. The molecule has 2 aromatic carbocycles. The molecule has 148 valence electrons. The summed E-state index contributed by atoms with van der Waals surface area (Å²) in [5.74, 6) is -0.0872. The minimum atomic E-state index is -0.218. The summed E-state index contributed by atoms with van der Waals surface area (Å²) in [7, 11) is 0. The summed E-state index contributed by atoms with van der Waals surface area (Å²) in [5, 5.41) is 0. The highest BCUT2D eigenvalue weighted by molar-refractivity contribution is 6.00. The van der Waals surface area contributed by atoms with E-state index in [1.807, 2.05) is 30.0 Å². The average molecular weight is 381 g/mol. The maximum atomic E-state index is 13.4. The number of halogens is 1. The minimum absolute atomic E-state index is 0.131. The van der Waals surface area contributed by atoms with Crippen molar-refractivity contribution in [2.24, 2.45) is 0 Å². The third kappa shape index (κ3) is 3.98. The van der Waals surface area contributed by atoms with Gasteiger partial charge >= 0.3 is 0 Å². The van der Waals surface area contributed by atoms with E-state index in [0.29, 0.717) is 6.54 Å². The Morgan fingerprint density at radius 2 is 1.54 bits per heavy atom. The Kier molecular flexibility index (Phi) is 5.51. The van der Waals surface area contributed by atoms with Crippen LogP contribution in [0, 0.1) is 12.7 Å². The van der Waals surface area contributed by atoms with Gasteiger partial charge in [-0.15, -0.1) is 0 Å². The molecule has 2 fully saturated rings. The summed E-state index contributed by atoms with van der Waals surface area (Å²) >= 11 is 0. The van der Waals surface area contributed by atoms with Crippen molar-refractivity contribution in [3.05, 3.63) is 59.4 Å². The van der Waals surface area contributed by atoms with Crippen LogP contribution < -0.4 is 9.80 Å². The summed E-state index contributed by atoms with van der Waals surface area (Å²) in [6, 6.07) is 12.9. The van der Waals surface area contributed by atoms with Crippen LogP contribution in [0.3, 0.4) is 0 Å². The number of aryl methyl sites for hydroxylation is 1. The molecule has 2 saturated heterocycles. The monoisotopic (exact) mass is 381 g/mol. The minimum Gasteiger partial charge on any atom is -0.371 e. The quantitative estimate of drug-likeness (QED) is 0.801. The lowest BCUT2D eigenvalue weighted by molar-refractivity contribution is 0.0767. The Bertz CT molecular complexity index is 830. The molecule has 4 nitrogen and oxygen atoms in total. The number of carbonyl (C=O) groups excluding carboxylic acids is 1. The Hall–Kier alpha value is -2.56. The highest BCUT2D eigenvalue weighted by Crippen LogP contribution is 2.27. The largest absolute Gasteiger partial charge is 0.371 e. The van der Waals surface area contributed by atoms with Crippen molar-refractivity contribution in [3.63, 3.8) is 0 Å². The van der Waals surface area contributed by atoms with Crippen LogP contribution in [0.4, 0.5) is 15.8 Å². The fourth-order valence-corrected chi connectivity index (χ4v) is 4.26. The molecule has 0 saturated carbocycles. The highest BCUT2D eigenvalue weighted by Gasteiger charge is 2.25. The maximum absolute atomic E-state index is 13.4. The van der Waals surface area contributed by atoms with E-state index in [0.717, 1.165) is 61.6 Å². The van der Waals surface area contributed by atoms with Crippen molar-refractivity contribution in [2.45, 2.75) is 26.2 Å². The summed E-state index contributed by atoms with van der Waals surface area (Å²) in [6.07, 6.45) is 3.30. The van der Waals surface area contributed by atoms with Crippen molar-refractivity contribution >= 4 is 17.3 Å². The molecule has 0 radical (unpaired) electrons. The highest BCUT2D eigenvalue weighted by atomic mass is 19.1. The van der Waals surface area contributed by atoms with Gasteiger partial charge in [0.05, 0.1) is 5.56 Å². The molecule has 28 heavy (non-hydrogen) atoms. The molecular weight excluding hydrogens is 353 g/mol. The van der Waals surface area contributed by atoms with Gasteiger partial charge in [0.25, 0.3) is 5.91 Å². The first-order chi connectivity index (χ1) is 13.6. The van der Waals surface area contributed by atoms with Crippen LogP contribution in [0.25, 0.3) is 0 Å². The van der Waals surface area contributed by atoms with Gasteiger partial charge in [-0.1, -0.05) is 11.6 Å². The van der Waals surface area contributed by atoms with Crippen LogP contribution in [-0.4, -0.2) is 50.1 Å². The lowest BCUT2D eigenvalue weighted by Crippen LogP contribution is -2.36. The van der Waals surface area contributed by atoms with E-state index in [2.05, 4.69) is 21.9 Å². The van der Waals surface area contributed by atoms with E-state index in [1.165, 1.54) is 25.0 Å². The molecule has 0 N–H and O–H groups in total. The van der Waals surface area contributed by atoms with Gasteiger partial charge in [-0.3, -0.25) is 4.79 Å². The first kappa shape index (κ1) is 18.8. The number of benzene rings is 2. The predicted octanol–water partition coefficient (Wildman–Crippen LogP) is 4.09. The van der Waals surface area contributed by atoms with Crippen molar-refractivity contribution in [1.82, 2.24) is 4.90 Å². The first-order valence-corrected chi connectivity index (χ1v) is 10.3. The third-order valence-corrected chi connectivity index (χ3v) is 5.80. The summed E-state index contributed by atoms with van der Waals surface area (Å²) < 4.78 is 13.2. The summed E-state index contributed by atoms with van der Waals surface area (Å²) in [5.41, 5.74) is 4.04. The number of hydrogen-bond donors (Lipinski definition) is 0. The zero-order valence-corrected chi connectivity index (χ0v) is 16.5. The van der Waals surface area contributed by atoms with Gasteiger partial charge in [0, 0.05) is 50.6 Å². The number of carbonyl (C=O) groups is 1. The van der Waals surface area contributed by atoms with Crippen molar-refractivity contribution < 1.29 is 9.18 Å². The lowest BCUT2D eigenvalue weighted by Gasteiger charge is -2.26. The molecule has 2 aromatic rings. The van der Waals surface area contributed by atoms with Gasteiger partial charge in [-0.25, -0.2) is 4.39 Å². The van der Waals surface area contributed by atoms with E-state index in [4.69, 9.17) is 0 Å². The van der Waals surface area contributed by atoms with Crippen LogP contribution in [-0.2, 0) is 0 Å². The number of rotatable bonds is 3. The van der Waals surface area contributed by atoms with Crippen LogP contribution in [0.5, 0.6) is 0 Å². The molecule has 0 aliphatic carbocycles. The Morgan fingerprint density at radius 1 is 0.821 bits per heavy atom. The summed E-state index contributed by atoms with van der Waals surface area (Å²) in [6.45, 7) is 7.19. The van der Waals surface area contributed by atoms with E-state index >= 15 is 0 Å². The predicted molar refractivity (Wildman–Crippen MR) is 112 cm³/mol. The van der Waals surface area contributed by atoms with E-state index in [-0.39, 0.29) is 11.7 Å². The van der Waals surface area contributed by atoms with Gasteiger partial charge in [0.15, 0.2) is 0 Å². The normalized spacial score (nSPS) is 17.7. The molecule has 0 unspecified atom stereocenters. The molecule has 0 aromatic heterocycles. The topological polar surface area (TPSA) is 26.8 Å². The second kappa shape index (κ2) is 8.21. The van der Waals surface area contributed by atoms with Crippen LogP contribution >= 0.6 is 0 Å². The second-order valence-electron chi connectivity index (χ2n) is 7.82. The zero-order valence-electron chi connectivity index (χ0n) is 16.5. The van der Waals surface area contributed by atoms with Gasteiger partial charge in [-0.05, 0) is 62.6 Å². The Balaban J connectivity index is 1.51. The van der Waals surface area contributed by atoms with Crippen molar-refractivity contribution in [1.29, 1.82) is 0 Å². The smallest absolute Gasteiger partial charge is 0.256 e. The van der Waals surface area contributed by atoms with Crippen molar-refractivity contribution in [3.8, 4) is 0 Å². The number of amides is 1. The molecule has 0 bridgehead atoms. The van der Waals surface area contributed by atoms with E-state index < -0.39 is 0 Å². The Morgan fingerprint density at radius 3 is 2.29 bits per heavy atom. The van der Waals surface area contributed by atoms with Crippen LogP contribution in [0.15, 0.2) is 42.5 Å². The fraction of sp³-hybridized carbons (Fsp3) is 0.435. The van der Waals surface area contributed by atoms with E-state index in [9.17, 15) is 9.18 Å². The molecule has 2 aliphatic rings. The molecule has 1 amide bonds. The van der Waals surface area contributed by atoms with Crippen LogP contribution in [0.1, 0.15) is 35.2 Å². The first-order valence-electron chi connectivity index (χ1n) is 10.3. The maximum Gasteiger partial charge on any atom is 0.256 e. The van der Waals surface area contributed by atoms with Gasteiger partial charge in [-0.2, -0.15) is 0 Å². The van der Waals surface area contributed by atoms with E-state index in [1.54, 1.807) is 0 Å². The molecule has 4 rings (SSSR count). The standard InChI is InChI=1S/C23H28FN3O/c1-18-5-10-22(26-11-2-3-12-26)21(17-18)23(28)27-14-4-13-25(15-16-27)20-8-6-19(24)7-9-20/h5-10,17H,2-4,11-16H2,1H3. The van der Waals surface area contributed by atoms with Crippen LogP contribution in [0.2, 0.25) is 0 Å².